The van der Waals surface area contributed by atoms with Gasteiger partial charge in [0, 0.05) is 19.5 Å². The quantitative estimate of drug-likeness (QED) is 0.664. The van der Waals surface area contributed by atoms with Gasteiger partial charge in [-0.25, -0.2) is 0 Å². The number of carbonyl (C=O) groups excluding carboxylic acids is 1. The van der Waals surface area contributed by atoms with Gasteiger partial charge >= 0.3 is 0 Å². The van der Waals surface area contributed by atoms with Crippen molar-refractivity contribution in [3.63, 3.8) is 0 Å². The van der Waals surface area contributed by atoms with Crippen LogP contribution in [-0.2, 0) is 4.79 Å². The van der Waals surface area contributed by atoms with Crippen molar-refractivity contribution < 1.29 is 4.79 Å². The number of piperidine rings is 1. The van der Waals surface area contributed by atoms with E-state index in [1.54, 1.807) is 0 Å². The summed E-state index contributed by atoms with van der Waals surface area (Å²) >= 11 is 0. The van der Waals surface area contributed by atoms with Crippen LogP contribution in [-0.4, -0.2) is 23.9 Å². The number of rotatable bonds is 2. The van der Waals surface area contributed by atoms with Crippen LogP contribution >= 0.6 is 0 Å². The summed E-state index contributed by atoms with van der Waals surface area (Å²) in [5.74, 6) is 1.06. The van der Waals surface area contributed by atoms with Gasteiger partial charge in [0.1, 0.15) is 0 Å². The minimum Gasteiger partial charge on any atom is -0.343 e. The Labute approximate surface area is 87.7 Å². The van der Waals surface area contributed by atoms with Gasteiger partial charge in [-0.05, 0) is 31.1 Å². The lowest BCUT2D eigenvalue weighted by atomic mass is 9.90. The molecule has 0 spiro atoms. The Bertz CT molecular complexity index is 197. The van der Waals surface area contributed by atoms with Crippen LogP contribution in [0.3, 0.4) is 0 Å². The molecule has 0 aromatic rings. The van der Waals surface area contributed by atoms with E-state index in [2.05, 4.69) is 13.8 Å². The molecule has 0 saturated carbocycles. The predicted molar refractivity (Wildman–Crippen MR) is 58.7 cm³/mol. The lowest BCUT2D eigenvalue weighted by Gasteiger charge is -2.32. The van der Waals surface area contributed by atoms with Crippen LogP contribution in [0.5, 0.6) is 0 Å². The lowest BCUT2D eigenvalue weighted by molar-refractivity contribution is -0.134. The van der Waals surface area contributed by atoms with Crippen molar-refractivity contribution in [3.05, 3.63) is 6.92 Å². The van der Waals surface area contributed by atoms with Gasteiger partial charge in [0.25, 0.3) is 0 Å². The maximum Gasteiger partial charge on any atom is 0.223 e. The first-order chi connectivity index (χ1) is 6.38. The second-order valence-electron chi connectivity index (χ2n) is 5.40. The van der Waals surface area contributed by atoms with E-state index in [0.717, 1.165) is 31.8 Å². The van der Waals surface area contributed by atoms with Crippen molar-refractivity contribution >= 4 is 5.91 Å². The van der Waals surface area contributed by atoms with E-state index in [4.69, 9.17) is 0 Å². The fraction of sp³-hybridized carbons (Fsp3) is 0.833. The van der Waals surface area contributed by atoms with Gasteiger partial charge in [-0.2, -0.15) is 0 Å². The molecular formula is C12H22NO. The molecule has 1 saturated heterocycles. The summed E-state index contributed by atoms with van der Waals surface area (Å²) in [4.78, 5) is 13.8. The number of hydrogen-bond donors (Lipinski definition) is 0. The number of hydrogen-bond acceptors (Lipinski definition) is 1. The van der Waals surface area contributed by atoms with Crippen LogP contribution in [0.2, 0.25) is 0 Å². The highest BCUT2D eigenvalue weighted by Crippen LogP contribution is 2.22. The summed E-state index contributed by atoms with van der Waals surface area (Å²) in [5, 5.41) is 0. The summed E-state index contributed by atoms with van der Waals surface area (Å²) < 4.78 is 0. The highest BCUT2D eigenvalue weighted by Gasteiger charge is 2.24. The van der Waals surface area contributed by atoms with Crippen LogP contribution in [0.4, 0.5) is 0 Å². The molecule has 81 valence electrons. The van der Waals surface area contributed by atoms with Crippen molar-refractivity contribution in [2.45, 2.75) is 40.0 Å². The topological polar surface area (TPSA) is 20.3 Å². The maximum absolute atomic E-state index is 11.8. The van der Waals surface area contributed by atoms with E-state index < -0.39 is 0 Å². The van der Waals surface area contributed by atoms with E-state index >= 15 is 0 Å². The molecule has 2 nitrogen and oxygen atoms in total. The number of amides is 1. The van der Waals surface area contributed by atoms with E-state index in [9.17, 15) is 4.79 Å². The molecule has 0 unspecified atom stereocenters. The molecule has 0 aromatic carbocycles. The van der Waals surface area contributed by atoms with Crippen LogP contribution < -0.4 is 0 Å². The fourth-order valence-corrected chi connectivity index (χ4v) is 1.78. The Kier molecular flexibility index (Phi) is 3.57. The Morgan fingerprint density at radius 3 is 2.36 bits per heavy atom. The van der Waals surface area contributed by atoms with Gasteiger partial charge in [0.05, 0.1) is 0 Å². The van der Waals surface area contributed by atoms with Crippen LogP contribution in [0.25, 0.3) is 0 Å². The molecule has 0 aliphatic carbocycles. The average molecular weight is 196 g/mol. The smallest absolute Gasteiger partial charge is 0.223 e. The molecule has 1 radical (unpaired) electrons. The van der Waals surface area contributed by atoms with Crippen LogP contribution in [0.15, 0.2) is 0 Å². The Morgan fingerprint density at radius 2 is 1.93 bits per heavy atom. The van der Waals surface area contributed by atoms with E-state index in [1.807, 2.05) is 18.7 Å². The van der Waals surface area contributed by atoms with E-state index in [1.165, 1.54) is 0 Å². The van der Waals surface area contributed by atoms with Crippen LogP contribution in [0, 0.1) is 18.3 Å². The summed E-state index contributed by atoms with van der Waals surface area (Å²) in [6.07, 6.45) is 2.88. The SMILES string of the molecule is [CH2]C(C)(C)CC(=O)N1CCC(C)CC1. The molecule has 0 bridgehead atoms. The molecule has 1 fully saturated rings. The molecule has 0 aromatic heterocycles. The lowest BCUT2D eigenvalue weighted by Crippen LogP contribution is -2.39. The zero-order valence-electron chi connectivity index (χ0n) is 9.68. The first-order valence-corrected chi connectivity index (χ1v) is 5.51. The average Bonchev–Trinajstić information content (AvgIpc) is 2.02. The van der Waals surface area contributed by atoms with Gasteiger partial charge in [0.2, 0.25) is 5.91 Å². The van der Waals surface area contributed by atoms with Gasteiger partial charge in [-0.3, -0.25) is 4.79 Å². The normalized spacial score (nSPS) is 19.9. The summed E-state index contributed by atoms with van der Waals surface area (Å²) in [7, 11) is 0. The second kappa shape index (κ2) is 4.33. The highest BCUT2D eigenvalue weighted by molar-refractivity contribution is 5.77. The van der Waals surface area contributed by atoms with Crippen molar-refractivity contribution in [3.8, 4) is 0 Å². The molecular weight excluding hydrogens is 174 g/mol. The summed E-state index contributed by atoms with van der Waals surface area (Å²) in [6, 6.07) is 0. The zero-order valence-corrected chi connectivity index (χ0v) is 9.68. The molecule has 1 aliphatic heterocycles. The molecule has 1 amide bonds. The maximum atomic E-state index is 11.8. The third-order valence-corrected chi connectivity index (χ3v) is 2.77. The number of likely N-dealkylation sites (tertiary alicyclic amines) is 1. The Morgan fingerprint density at radius 1 is 1.43 bits per heavy atom. The number of nitrogens with zero attached hydrogens (tertiary/aromatic N) is 1. The third-order valence-electron chi connectivity index (χ3n) is 2.77. The van der Waals surface area contributed by atoms with Crippen LogP contribution in [0.1, 0.15) is 40.0 Å². The zero-order chi connectivity index (χ0) is 10.8. The molecule has 2 heteroatoms. The van der Waals surface area contributed by atoms with Crippen molar-refractivity contribution in [2.24, 2.45) is 11.3 Å². The highest BCUT2D eigenvalue weighted by atomic mass is 16.2. The molecule has 1 aliphatic rings. The number of carbonyl (C=O) groups is 1. The predicted octanol–water partition coefficient (Wildman–Crippen LogP) is 2.50. The molecule has 1 rings (SSSR count). The molecule has 14 heavy (non-hydrogen) atoms. The summed E-state index contributed by atoms with van der Waals surface area (Å²) in [5.41, 5.74) is -0.125. The van der Waals surface area contributed by atoms with E-state index in [0.29, 0.717) is 6.42 Å². The minimum absolute atomic E-state index is 0.125. The Hall–Kier alpha value is -0.530. The van der Waals surface area contributed by atoms with Gasteiger partial charge in [0.15, 0.2) is 0 Å². The van der Waals surface area contributed by atoms with Crippen molar-refractivity contribution in [1.29, 1.82) is 0 Å². The van der Waals surface area contributed by atoms with Gasteiger partial charge in [-0.1, -0.05) is 20.8 Å². The second-order valence-corrected chi connectivity index (χ2v) is 5.40. The Balaban J connectivity index is 2.38. The molecule has 0 N–H and O–H groups in total. The van der Waals surface area contributed by atoms with Gasteiger partial charge < -0.3 is 4.90 Å². The van der Waals surface area contributed by atoms with Crippen molar-refractivity contribution in [2.75, 3.05) is 13.1 Å². The summed E-state index contributed by atoms with van der Waals surface area (Å²) in [6.45, 7) is 12.1. The molecule has 0 atom stereocenters. The van der Waals surface area contributed by atoms with E-state index in [-0.39, 0.29) is 11.3 Å². The first kappa shape index (κ1) is 11.5. The third kappa shape index (κ3) is 3.69. The molecule has 1 heterocycles. The standard InChI is InChI=1S/C12H22NO/c1-10-5-7-13(8-6-10)11(14)9-12(2,3)4/h10H,2,5-9H2,1,3-4H3. The first-order valence-electron chi connectivity index (χ1n) is 5.51. The fourth-order valence-electron chi connectivity index (χ4n) is 1.78. The monoisotopic (exact) mass is 196 g/mol. The van der Waals surface area contributed by atoms with Gasteiger partial charge in [-0.15, -0.1) is 0 Å². The largest absolute Gasteiger partial charge is 0.343 e. The minimum atomic E-state index is -0.125. The van der Waals surface area contributed by atoms with Crippen molar-refractivity contribution in [1.82, 2.24) is 4.90 Å².